The van der Waals surface area contributed by atoms with E-state index in [-0.39, 0.29) is 10.7 Å². The van der Waals surface area contributed by atoms with E-state index < -0.39 is 10.0 Å². The van der Waals surface area contributed by atoms with Crippen LogP contribution in [0.15, 0.2) is 41.4 Å². The summed E-state index contributed by atoms with van der Waals surface area (Å²) in [6.07, 6.45) is 7.79. The number of benzene rings is 1. The highest BCUT2D eigenvalue weighted by molar-refractivity contribution is 7.92. The van der Waals surface area contributed by atoms with Crippen molar-refractivity contribution in [3.63, 3.8) is 0 Å². The number of nitrogens with zero attached hydrogens (tertiary/aromatic N) is 1. The highest BCUT2D eigenvalue weighted by Crippen LogP contribution is 2.32. The fourth-order valence-electron chi connectivity index (χ4n) is 3.41. The predicted octanol–water partition coefficient (Wildman–Crippen LogP) is 3.40. The quantitative estimate of drug-likeness (QED) is 0.815. The summed E-state index contributed by atoms with van der Waals surface area (Å²) in [6.45, 7) is 0.865. The maximum atomic E-state index is 12.6. The Kier molecular flexibility index (Phi) is 5.07. The molecule has 27 heavy (non-hydrogen) atoms. The molecule has 144 valence electrons. The molecule has 2 aromatic rings. The van der Waals surface area contributed by atoms with Crippen molar-refractivity contribution in [2.24, 2.45) is 0 Å². The fourth-order valence-corrected chi connectivity index (χ4v) is 4.43. The Morgan fingerprint density at radius 2 is 1.74 bits per heavy atom. The van der Waals surface area contributed by atoms with Crippen molar-refractivity contribution >= 4 is 21.5 Å². The van der Waals surface area contributed by atoms with Gasteiger partial charge in [0.05, 0.1) is 16.8 Å². The van der Waals surface area contributed by atoms with Crippen LogP contribution in [-0.4, -0.2) is 32.7 Å². The fraction of sp³-hybridized carbons (Fsp3) is 0.421. The molecule has 0 amide bonds. The van der Waals surface area contributed by atoms with Gasteiger partial charge in [-0.05, 0) is 37.1 Å². The second-order valence-electron chi connectivity index (χ2n) is 6.82. The topological polar surface area (TPSA) is 89.6 Å². The largest absolute Gasteiger partial charge is 0.486 e. The molecule has 0 bridgehead atoms. The van der Waals surface area contributed by atoms with Gasteiger partial charge in [0, 0.05) is 12.1 Å². The van der Waals surface area contributed by atoms with Gasteiger partial charge < -0.3 is 14.8 Å². The minimum Gasteiger partial charge on any atom is -0.486 e. The third-order valence-electron chi connectivity index (χ3n) is 4.80. The molecular weight excluding hydrogens is 366 g/mol. The highest BCUT2D eigenvalue weighted by atomic mass is 32.2. The van der Waals surface area contributed by atoms with Gasteiger partial charge in [-0.15, -0.1) is 0 Å². The zero-order valence-electron chi connectivity index (χ0n) is 15.0. The van der Waals surface area contributed by atoms with Crippen LogP contribution in [0.5, 0.6) is 11.5 Å². The zero-order valence-corrected chi connectivity index (χ0v) is 15.8. The van der Waals surface area contributed by atoms with Crippen LogP contribution >= 0.6 is 0 Å². The predicted molar refractivity (Wildman–Crippen MR) is 103 cm³/mol. The van der Waals surface area contributed by atoms with Gasteiger partial charge in [0.1, 0.15) is 19.0 Å². The van der Waals surface area contributed by atoms with E-state index in [4.69, 9.17) is 9.47 Å². The maximum Gasteiger partial charge on any atom is 0.263 e. The first-order valence-corrected chi connectivity index (χ1v) is 10.7. The highest BCUT2D eigenvalue weighted by Gasteiger charge is 2.20. The molecule has 0 atom stereocenters. The summed E-state index contributed by atoms with van der Waals surface area (Å²) in [5.41, 5.74) is 0.907. The summed E-state index contributed by atoms with van der Waals surface area (Å²) >= 11 is 0. The van der Waals surface area contributed by atoms with Gasteiger partial charge >= 0.3 is 0 Å². The molecule has 2 N–H and O–H groups in total. The van der Waals surface area contributed by atoms with Crippen molar-refractivity contribution in [3.05, 3.63) is 36.5 Å². The first kappa shape index (κ1) is 17.9. The number of pyridine rings is 1. The second kappa shape index (κ2) is 7.64. The number of nitrogens with one attached hydrogen (secondary N) is 2. The molecule has 7 nitrogen and oxygen atoms in total. The van der Waals surface area contributed by atoms with E-state index in [1.54, 1.807) is 18.3 Å². The van der Waals surface area contributed by atoms with E-state index in [9.17, 15) is 8.42 Å². The monoisotopic (exact) mass is 389 g/mol. The molecule has 1 aromatic carbocycles. The van der Waals surface area contributed by atoms with Crippen LogP contribution < -0.4 is 19.5 Å². The van der Waals surface area contributed by atoms with Crippen LogP contribution in [0.25, 0.3) is 0 Å². The summed E-state index contributed by atoms with van der Waals surface area (Å²) < 4.78 is 38.6. The van der Waals surface area contributed by atoms with Crippen molar-refractivity contribution in [3.8, 4) is 11.5 Å². The third-order valence-corrected chi connectivity index (χ3v) is 6.15. The van der Waals surface area contributed by atoms with Crippen molar-refractivity contribution < 1.29 is 17.9 Å². The average molecular weight is 389 g/mol. The Balaban J connectivity index is 1.44. The molecule has 1 aliphatic heterocycles. The van der Waals surface area contributed by atoms with Crippen LogP contribution in [0.3, 0.4) is 0 Å². The van der Waals surface area contributed by atoms with E-state index in [0.717, 1.165) is 5.69 Å². The minimum atomic E-state index is -3.76. The lowest BCUT2D eigenvalue weighted by atomic mass is 9.95. The second-order valence-corrected chi connectivity index (χ2v) is 8.50. The van der Waals surface area contributed by atoms with Crippen LogP contribution in [0, 0.1) is 0 Å². The van der Waals surface area contributed by atoms with Gasteiger partial charge in [-0.25, -0.2) is 13.4 Å². The van der Waals surface area contributed by atoms with E-state index in [0.29, 0.717) is 30.8 Å². The molecule has 2 heterocycles. The van der Waals surface area contributed by atoms with Crippen LogP contribution in [0.2, 0.25) is 0 Å². The van der Waals surface area contributed by atoms with Gasteiger partial charge in [-0.3, -0.25) is 4.72 Å². The Labute approximate surface area is 159 Å². The number of hydrogen-bond acceptors (Lipinski definition) is 6. The summed E-state index contributed by atoms with van der Waals surface area (Å²) in [4.78, 5) is 4.34. The summed E-state index contributed by atoms with van der Waals surface area (Å²) in [5, 5.41) is 3.47. The van der Waals surface area contributed by atoms with Crippen LogP contribution in [0.4, 0.5) is 11.5 Å². The van der Waals surface area contributed by atoms with E-state index in [1.807, 2.05) is 6.07 Å². The molecule has 1 aromatic heterocycles. The summed E-state index contributed by atoms with van der Waals surface area (Å²) in [5.74, 6) is 1.26. The van der Waals surface area contributed by atoms with Crippen molar-refractivity contribution in [2.45, 2.75) is 43.0 Å². The minimum absolute atomic E-state index is 0.109. The molecule has 8 heteroatoms. The van der Waals surface area contributed by atoms with Gasteiger partial charge in [0.2, 0.25) is 0 Å². The molecule has 2 aliphatic rings. The Morgan fingerprint density at radius 1 is 0.963 bits per heavy atom. The summed E-state index contributed by atoms with van der Waals surface area (Å²) in [6, 6.07) is 8.56. The smallest absolute Gasteiger partial charge is 0.263 e. The Hall–Kier alpha value is -2.48. The number of fused-ring (bicyclic) bond motifs is 1. The van der Waals surface area contributed by atoms with Gasteiger partial charge in [0.25, 0.3) is 10.0 Å². The van der Waals surface area contributed by atoms with Crippen LogP contribution in [0.1, 0.15) is 32.1 Å². The van der Waals surface area contributed by atoms with E-state index in [1.165, 1.54) is 44.2 Å². The molecule has 0 radical (unpaired) electrons. The average Bonchev–Trinajstić information content (AvgIpc) is 2.70. The summed E-state index contributed by atoms with van der Waals surface area (Å²) in [7, 11) is -3.76. The number of sulfonamides is 1. The lowest BCUT2D eigenvalue weighted by Crippen LogP contribution is -2.22. The molecule has 1 aliphatic carbocycles. The van der Waals surface area contributed by atoms with Crippen LogP contribution in [-0.2, 0) is 10.0 Å². The van der Waals surface area contributed by atoms with E-state index >= 15 is 0 Å². The van der Waals surface area contributed by atoms with Crippen molar-refractivity contribution in [1.82, 2.24) is 4.98 Å². The zero-order chi connectivity index (χ0) is 18.7. The first-order valence-electron chi connectivity index (χ1n) is 9.25. The molecule has 1 saturated carbocycles. The number of rotatable bonds is 5. The SMILES string of the molecule is O=S(=O)(Nc1ccc(NC2CCCCC2)cn1)c1ccc2c(c1)OCCO2. The molecule has 0 spiro atoms. The number of aromatic nitrogens is 1. The molecule has 1 fully saturated rings. The number of anilines is 2. The Bertz CT molecular complexity index is 894. The maximum absolute atomic E-state index is 12.6. The number of hydrogen-bond donors (Lipinski definition) is 2. The third kappa shape index (κ3) is 4.27. The lowest BCUT2D eigenvalue weighted by molar-refractivity contribution is 0.171. The molecular formula is C19H23N3O4S. The molecule has 4 rings (SSSR count). The molecule has 0 unspecified atom stereocenters. The van der Waals surface area contributed by atoms with Crippen molar-refractivity contribution in [1.29, 1.82) is 0 Å². The normalized spacial score (nSPS) is 17.3. The van der Waals surface area contributed by atoms with E-state index in [2.05, 4.69) is 15.0 Å². The van der Waals surface area contributed by atoms with Gasteiger partial charge in [-0.1, -0.05) is 19.3 Å². The first-order chi connectivity index (χ1) is 13.1. The standard InChI is InChI=1S/C19H23N3O4S/c23-27(24,16-7-8-17-18(12-16)26-11-10-25-17)22-19-9-6-15(13-20-19)21-14-4-2-1-3-5-14/h6-9,12-14,21H,1-5,10-11H2,(H,20,22). The van der Waals surface area contributed by atoms with Gasteiger partial charge in [0.15, 0.2) is 11.5 Å². The Morgan fingerprint density at radius 3 is 2.48 bits per heavy atom. The lowest BCUT2D eigenvalue weighted by Gasteiger charge is -2.23. The van der Waals surface area contributed by atoms with Gasteiger partial charge in [-0.2, -0.15) is 0 Å². The number of ether oxygens (including phenoxy) is 2. The molecule has 0 saturated heterocycles. The van der Waals surface area contributed by atoms with Crippen molar-refractivity contribution in [2.75, 3.05) is 23.3 Å².